The molecule has 0 radical (unpaired) electrons. The SMILES string of the molecule is CC(C)NC(=O)CNC(=O)c1ccc(Br)cn1. The van der Waals surface area contributed by atoms with Crippen molar-refractivity contribution in [3.8, 4) is 0 Å². The number of hydrogen-bond donors (Lipinski definition) is 2. The average Bonchev–Trinajstić information content (AvgIpc) is 2.26. The minimum Gasteiger partial charge on any atom is -0.352 e. The van der Waals surface area contributed by atoms with Crippen LogP contribution < -0.4 is 10.6 Å². The molecule has 5 nitrogen and oxygen atoms in total. The maximum Gasteiger partial charge on any atom is 0.270 e. The molecular formula is C11H14BrN3O2. The van der Waals surface area contributed by atoms with Crippen LogP contribution in [0.15, 0.2) is 22.8 Å². The van der Waals surface area contributed by atoms with Crippen molar-refractivity contribution >= 4 is 27.7 Å². The van der Waals surface area contributed by atoms with Gasteiger partial charge in [0.15, 0.2) is 0 Å². The number of aromatic nitrogens is 1. The predicted molar refractivity (Wildman–Crippen MR) is 67.5 cm³/mol. The fraction of sp³-hybridized carbons (Fsp3) is 0.364. The molecule has 0 aliphatic carbocycles. The van der Waals surface area contributed by atoms with Crippen LogP contribution in [0.25, 0.3) is 0 Å². The van der Waals surface area contributed by atoms with Crippen molar-refractivity contribution in [3.05, 3.63) is 28.5 Å². The lowest BCUT2D eigenvalue weighted by Crippen LogP contribution is -2.40. The molecule has 0 fully saturated rings. The van der Waals surface area contributed by atoms with Crippen molar-refractivity contribution < 1.29 is 9.59 Å². The summed E-state index contributed by atoms with van der Waals surface area (Å²) in [7, 11) is 0. The summed E-state index contributed by atoms with van der Waals surface area (Å²) in [4.78, 5) is 26.8. The van der Waals surface area contributed by atoms with Crippen LogP contribution in [0, 0.1) is 0 Å². The van der Waals surface area contributed by atoms with Gasteiger partial charge in [0.05, 0.1) is 6.54 Å². The standard InChI is InChI=1S/C11H14BrN3O2/c1-7(2)15-10(16)6-14-11(17)9-4-3-8(12)5-13-9/h3-5,7H,6H2,1-2H3,(H,14,17)(H,15,16). The van der Waals surface area contributed by atoms with Crippen LogP contribution in [-0.2, 0) is 4.79 Å². The van der Waals surface area contributed by atoms with Crippen LogP contribution in [0.2, 0.25) is 0 Å². The van der Waals surface area contributed by atoms with E-state index < -0.39 is 0 Å². The van der Waals surface area contributed by atoms with Crippen LogP contribution >= 0.6 is 15.9 Å². The molecule has 0 spiro atoms. The summed E-state index contributed by atoms with van der Waals surface area (Å²) < 4.78 is 0.798. The monoisotopic (exact) mass is 299 g/mol. The van der Waals surface area contributed by atoms with Gasteiger partial charge in [0, 0.05) is 16.7 Å². The molecule has 0 aliphatic heterocycles. The van der Waals surface area contributed by atoms with E-state index in [-0.39, 0.29) is 30.1 Å². The molecule has 0 unspecified atom stereocenters. The van der Waals surface area contributed by atoms with Crippen LogP contribution in [-0.4, -0.2) is 29.4 Å². The van der Waals surface area contributed by atoms with Crippen molar-refractivity contribution in [1.82, 2.24) is 15.6 Å². The van der Waals surface area contributed by atoms with E-state index in [0.29, 0.717) is 0 Å². The van der Waals surface area contributed by atoms with Gasteiger partial charge in [-0.05, 0) is 41.9 Å². The molecule has 1 aromatic rings. The highest BCUT2D eigenvalue weighted by Gasteiger charge is 2.09. The Kier molecular flexibility index (Phi) is 5.09. The molecule has 6 heteroatoms. The Bertz CT molecular complexity index is 404. The largest absolute Gasteiger partial charge is 0.352 e. The number of nitrogens with one attached hydrogen (secondary N) is 2. The van der Waals surface area contributed by atoms with E-state index in [0.717, 1.165) is 4.47 Å². The minimum absolute atomic E-state index is 0.0469. The summed E-state index contributed by atoms with van der Waals surface area (Å²) in [6, 6.07) is 3.36. The van der Waals surface area contributed by atoms with Gasteiger partial charge in [-0.3, -0.25) is 9.59 Å². The van der Waals surface area contributed by atoms with E-state index in [9.17, 15) is 9.59 Å². The number of nitrogens with zero attached hydrogens (tertiary/aromatic N) is 1. The van der Waals surface area contributed by atoms with Crippen LogP contribution in [0.1, 0.15) is 24.3 Å². The van der Waals surface area contributed by atoms with Gasteiger partial charge in [-0.2, -0.15) is 0 Å². The molecule has 1 rings (SSSR count). The Morgan fingerprint density at radius 3 is 2.65 bits per heavy atom. The van der Waals surface area contributed by atoms with Crippen LogP contribution in [0.4, 0.5) is 0 Å². The van der Waals surface area contributed by atoms with Crippen molar-refractivity contribution in [2.45, 2.75) is 19.9 Å². The molecule has 0 saturated heterocycles. The lowest BCUT2D eigenvalue weighted by Gasteiger charge is -2.08. The number of hydrogen-bond acceptors (Lipinski definition) is 3. The highest BCUT2D eigenvalue weighted by Crippen LogP contribution is 2.06. The number of rotatable bonds is 4. The fourth-order valence-electron chi connectivity index (χ4n) is 1.13. The first-order valence-corrected chi connectivity index (χ1v) is 5.97. The van der Waals surface area contributed by atoms with Gasteiger partial charge in [-0.25, -0.2) is 4.98 Å². The molecule has 1 aromatic heterocycles. The Morgan fingerprint density at radius 1 is 1.41 bits per heavy atom. The molecule has 0 aromatic carbocycles. The number of pyridine rings is 1. The molecule has 0 saturated carbocycles. The van der Waals surface area contributed by atoms with Crippen LogP contribution in [0.5, 0.6) is 0 Å². The van der Waals surface area contributed by atoms with Gasteiger partial charge in [0.1, 0.15) is 5.69 Å². The molecule has 0 aliphatic rings. The molecule has 2 amide bonds. The summed E-state index contributed by atoms with van der Waals surface area (Å²) >= 11 is 3.23. The molecule has 0 atom stereocenters. The zero-order valence-corrected chi connectivity index (χ0v) is 11.2. The Labute approximate surface area is 108 Å². The van der Waals surface area contributed by atoms with Gasteiger partial charge in [0.2, 0.25) is 5.91 Å². The third-order valence-corrected chi connectivity index (χ3v) is 2.29. The summed E-state index contributed by atoms with van der Waals surface area (Å²) in [6.45, 7) is 3.67. The van der Waals surface area contributed by atoms with Crippen molar-refractivity contribution in [1.29, 1.82) is 0 Å². The maximum atomic E-state index is 11.6. The first-order chi connectivity index (χ1) is 7.99. The third-order valence-electron chi connectivity index (χ3n) is 1.82. The first kappa shape index (κ1) is 13.6. The van der Waals surface area contributed by atoms with E-state index in [1.165, 1.54) is 6.20 Å². The quantitative estimate of drug-likeness (QED) is 0.874. The van der Waals surface area contributed by atoms with E-state index in [4.69, 9.17) is 0 Å². The second kappa shape index (κ2) is 6.34. The van der Waals surface area contributed by atoms with Crippen molar-refractivity contribution in [2.24, 2.45) is 0 Å². The fourth-order valence-corrected chi connectivity index (χ4v) is 1.37. The Morgan fingerprint density at radius 2 is 2.12 bits per heavy atom. The molecule has 92 valence electrons. The van der Waals surface area contributed by atoms with Gasteiger partial charge >= 0.3 is 0 Å². The van der Waals surface area contributed by atoms with Gasteiger partial charge in [-0.1, -0.05) is 0 Å². The summed E-state index contributed by atoms with van der Waals surface area (Å²) in [5.41, 5.74) is 0.283. The number of amides is 2. The molecule has 2 N–H and O–H groups in total. The molecule has 1 heterocycles. The highest BCUT2D eigenvalue weighted by atomic mass is 79.9. The Hall–Kier alpha value is -1.43. The van der Waals surface area contributed by atoms with E-state index >= 15 is 0 Å². The van der Waals surface area contributed by atoms with Gasteiger partial charge < -0.3 is 10.6 Å². The van der Waals surface area contributed by atoms with Crippen molar-refractivity contribution in [2.75, 3.05) is 6.54 Å². The summed E-state index contributed by atoms with van der Waals surface area (Å²) in [5, 5.41) is 5.17. The summed E-state index contributed by atoms with van der Waals surface area (Å²) in [6.07, 6.45) is 1.53. The van der Waals surface area contributed by atoms with Gasteiger partial charge in [0.25, 0.3) is 5.91 Å². The lowest BCUT2D eigenvalue weighted by atomic mass is 10.3. The second-order valence-corrected chi connectivity index (χ2v) is 4.68. The molecule has 0 bridgehead atoms. The maximum absolute atomic E-state index is 11.6. The lowest BCUT2D eigenvalue weighted by molar-refractivity contribution is -0.120. The molecular weight excluding hydrogens is 286 g/mol. The average molecular weight is 300 g/mol. The summed E-state index contributed by atoms with van der Waals surface area (Å²) in [5.74, 6) is -0.582. The predicted octanol–water partition coefficient (Wildman–Crippen LogP) is 1.10. The third kappa shape index (κ3) is 4.95. The van der Waals surface area contributed by atoms with Crippen LogP contribution in [0.3, 0.4) is 0 Å². The minimum atomic E-state index is -0.364. The van der Waals surface area contributed by atoms with E-state index in [1.807, 2.05) is 13.8 Å². The first-order valence-electron chi connectivity index (χ1n) is 5.18. The number of carbonyl (C=O) groups excluding carboxylic acids is 2. The van der Waals surface area contributed by atoms with E-state index in [1.54, 1.807) is 12.1 Å². The number of halogens is 1. The topological polar surface area (TPSA) is 71.1 Å². The smallest absolute Gasteiger partial charge is 0.270 e. The van der Waals surface area contributed by atoms with Gasteiger partial charge in [-0.15, -0.1) is 0 Å². The Balaban J connectivity index is 2.45. The zero-order chi connectivity index (χ0) is 12.8. The zero-order valence-electron chi connectivity index (χ0n) is 9.66. The molecule has 17 heavy (non-hydrogen) atoms. The van der Waals surface area contributed by atoms with E-state index in [2.05, 4.69) is 31.5 Å². The second-order valence-electron chi connectivity index (χ2n) is 3.77. The highest BCUT2D eigenvalue weighted by molar-refractivity contribution is 9.10. The number of carbonyl (C=O) groups is 2. The van der Waals surface area contributed by atoms with Crippen molar-refractivity contribution in [3.63, 3.8) is 0 Å². The normalized spacial score (nSPS) is 10.1.